The SMILES string of the molecule is O=C(Cn1c(C2CC2)nc2ccccc21)NCC1(O)CCCC1. The van der Waals surface area contributed by atoms with E-state index >= 15 is 0 Å². The summed E-state index contributed by atoms with van der Waals surface area (Å²) in [5.74, 6) is 1.48. The Morgan fingerprint density at radius 3 is 2.78 bits per heavy atom. The van der Waals surface area contributed by atoms with Gasteiger partial charge in [0, 0.05) is 12.5 Å². The summed E-state index contributed by atoms with van der Waals surface area (Å²) < 4.78 is 2.04. The van der Waals surface area contributed by atoms with Crippen LogP contribution in [0.25, 0.3) is 11.0 Å². The number of hydrogen-bond donors (Lipinski definition) is 2. The van der Waals surface area contributed by atoms with Gasteiger partial charge in [0.05, 0.1) is 16.6 Å². The summed E-state index contributed by atoms with van der Waals surface area (Å²) in [6.07, 6.45) is 5.98. The Bertz CT molecular complexity index is 727. The molecule has 0 saturated heterocycles. The second kappa shape index (κ2) is 5.64. The lowest BCUT2D eigenvalue weighted by molar-refractivity contribution is -0.122. The van der Waals surface area contributed by atoms with E-state index < -0.39 is 5.60 Å². The van der Waals surface area contributed by atoms with E-state index in [0.29, 0.717) is 12.5 Å². The monoisotopic (exact) mass is 313 g/mol. The predicted octanol–water partition coefficient (Wildman–Crippen LogP) is 2.33. The molecule has 0 spiro atoms. The summed E-state index contributed by atoms with van der Waals surface area (Å²) in [5, 5.41) is 13.3. The van der Waals surface area contributed by atoms with Gasteiger partial charge in [-0.1, -0.05) is 25.0 Å². The van der Waals surface area contributed by atoms with Crippen LogP contribution in [0.2, 0.25) is 0 Å². The zero-order valence-electron chi connectivity index (χ0n) is 13.3. The summed E-state index contributed by atoms with van der Waals surface area (Å²) in [6, 6.07) is 7.98. The minimum atomic E-state index is -0.702. The molecule has 2 fully saturated rings. The first-order chi connectivity index (χ1) is 11.1. The van der Waals surface area contributed by atoms with Crippen molar-refractivity contribution in [3.63, 3.8) is 0 Å². The zero-order valence-corrected chi connectivity index (χ0v) is 13.3. The number of carbonyl (C=O) groups excluding carboxylic acids is 1. The third kappa shape index (κ3) is 2.98. The first kappa shape index (κ1) is 14.7. The number of hydrogen-bond acceptors (Lipinski definition) is 3. The molecular weight excluding hydrogens is 290 g/mol. The van der Waals surface area contributed by atoms with Crippen molar-refractivity contribution < 1.29 is 9.90 Å². The van der Waals surface area contributed by atoms with Gasteiger partial charge in [0.2, 0.25) is 5.91 Å². The summed E-state index contributed by atoms with van der Waals surface area (Å²) in [4.78, 5) is 17.1. The van der Waals surface area contributed by atoms with Gasteiger partial charge in [-0.2, -0.15) is 0 Å². The molecule has 122 valence electrons. The number of carbonyl (C=O) groups is 1. The molecule has 5 heteroatoms. The van der Waals surface area contributed by atoms with Gasteiger partial charge in [0.1, 0.15) is 12.4 Å². The highest BCUT2D eigenvalue weighted by atomic mass is 16.3. The molecule has 0 aliphatic heterocycles. The fourth-order valence-electron chi connectivity index (χ4n) is 3.59. The molecule has 0 radical (unpaired) electrons. The maximum Gasteiger partial charge on any atom is 0.240 e. The lowest BCUT2D eigenvalue weighted by atomic mass is 10.0. The number of amides is 1. The summed E-state index contributed by atoms with van der Waals surface area (Å²) >= 11 is 0. The molecular formula is C18H23N3O2. The maximum atomic E-state index is 12.4. The van der Waals surface area contributed by atoms with Crippen LogP contribution in [-0.4, -0.2) is 32.7 Å². The Kier molecular flexibility index (Phi) is 3.60. The molecule has 5 nitrogen and oxygen atoms in total. The van der Waals surface area contributed by atoms with E-state index in [4.69, 9.17) is 4.98 Å². The van der Waals surface area contributed by atoms with Crippen LogP contribution in [-0.2, 0) is 11.3 Å². The average Bonchev–Trinajstić information content (AvgIpc) is 3.21. The average molecular weight is 313 g/mol. The molecule has 2 aliphatic carbocycles. The number of benzene rings is 1. The number of nitrogens with one attached hydrogen (secondary N) is 1. The molecule has 2 saturated carbocycles. The third-order valence-corrected chi connectivity index (χ3v) is 5.08. The Morgan fingerprint density at radius 2 is 2.04 bits per heavy atom. The van der Waals surface area contributed by atoms with Gasteiger partial charge >= 0.3 is 0 Å². The van der Waals surface area contributed by atoms with Crippen molar-refractivity contribution in [1.29, 1.82) is 0 Å². The number of aromatic nitrogens is 2. The van der Waals surface area contributed by atoms with Gasteiger partial charge in [-0.25, -0.2) is 4.98 Å². The van der Waals surface area contributed by atoms with Gasteiger partial charge in [0.25, 0.3) is 0 Å². The maximum absolute atomic E-state index is 12.4. The number of rotatable bonds is 5. The second-order valence-electron chi connectivity index (χ2n) is 7.03. The first-order valence-electron chi connectivity index (χ1n) is 8.59. The topological polar surface area (TPSA) is 67.2 Å². The molecule has 4 rings (SSSR count). The quantitative estimate of drug-likeness (QED) is 0.890. The van der Waals surface area contributed by atoms with Crippen molar-refractivity contribution in [2.45, 2.75) is 56.6 Å². The van der Waals surface area contributed by atoms with Crippen molar-refractivity contribution >= 4 is 16.9 Å². The Morgan fingerprint density at radius 1 is 1.30 bits per heavy atom. The molecule has 2 N–H and O–H groups in total. The molecule has 1 heterocycles. The highest BCUT2D eigenvalue weighted by Gasteiger charge is 2.32. The smallest absolute Gasteiger partial charge is 0.240 e. The van der Waals surface area contributed by atoms with E-state index in [1.807, 2.05) is 28.8 Å². The highest BCUT2D eigenvalue weighted by molar-refractivity contribution is 5.81. The minimum absolute atomic E-state index is 0.0459. The van der Waals surface area contributed by atoms with E-state index in [0.717, 1.165) is 55.4 Å². The fourth-order valence-corrected chi connectivity index (χ4v) is 3.59. The van der Waals surface area contributed by atoms with Crippen molar-refractivity contribution in [1.82, 2.24) is 14.9 Å². The molecule has 0 atom stereocenters. The molecule has 2 aromatic rings. The molecule has 0 unspecified atom stereocenters. The Labute approximate surface area is 135 Å². The number of fused-ring (bicyclic) bond motifs is 1. The second-order valence-corrected chi connectivity index (χ2v) is 7.03. The van der Waals surface area contributed by atoms with Crippen LogP contribution in [0.3, 0.4) is 0 Å². The van der Waals surface area contributed by atoms with E-state index in [-0.39, 0.29) is 12.5 Å². The van der Waals surface area contributed by atoms with Crippen molar-refractivity contribution in [3.8, 4) is 0 Å². The summed E-state index contributed by atoms with van der Waals surface area (Å²) in [6.45, 7) is 0.639. The van der Waals surface area contributed by atoms with Crippen molar-refractivity contribution in [3.05, 3.63) is 30.1 Å². The fraction of sp³-hybridized carbons (Fsp3) is 0.556. The Hall–Kier alpha value is -1.88. The van der Waals surface area contributed by atoms with Gasteiger partial charge in [0.15, 0.2) is 0 Å². The van der Waals surface area contributed by atoms with Crippen LogP contribution in [0, 0.1) is 0 Å². The van der Waals surface area contributed by atoms with E-state index in [2.05, 4.69) is 5.32 Å². The summed E-state index contributed by atoms with van der Waals surface area (Å²) in [7, 11) is 0. The van der Waals surface area contributed by atoms with Gasteiger partial charge in [-0.15, -0.1) is 0 Å². The highest BCUT2D eigenvalue weighted by Crippen LogP contribution is 2.40. The first-order valence-corrected chi connectivity index (χ1v) is 8.59. The number of nitrogens with zero attached hydrogens (tertiary/aromatic N) is 2. The van der Waals surface area contributed by atoms with Crippen molar-refractivity contribution in [2.24, 2.45) is 0 Å². The summed E-state index contributed by atoms with van der Waals surface area (Å²) in [5.41, 5.74) is 1.27. The van der Waals surface area contributed by atoms with Gasteiger partial charge in [-0.3, -0.25) is 4.79 Å². The predicted molar refractivity (Wildman–Crippen MR) is 88.1 cm³/mol. The molecule has 1 amide bonds. The van der Waals surface area contributed by atoms with Crippen LogP contribution in [0.1, 0.15) is 50.3 Å². The zero-order chi connectivity index (χ0) is 15.9. The molecule has 0 bridgehead atoms. The molecule has 1 aromatic carbocycles. The van der Waals surface area contributed by atoms with Crippen LogP contribution < -0.4 is 5.32 Å². The van der Waals surface area contributed by atoms with E-state index in [9.17, 15) is 9.90 Å². The third-order valence-electron chi connectivity index (χ3n) is 5.08. The number of para-hydroxylation sites is 2. The van der Waals surface area contributed by atoms with Gasteiger partial charge in [-0.05, 0) is 37.8 Å². The minimum Gasteiger partial charge on any atom is -0.388 e. The van der Waals surface area contributed by atoms with Gasteiger partial charge < -0.3 is 15.0 Å². The number of imidazole rings is 1. The standard InChI is InChI=1S/C18H23N3O2/c22-16(19-12-18(23)9-3-4-10-18)11-21-15-6-2-1-5-14(15)20-17(21)13-7-8-13/h1-2,5-6,13,23H,3-4,7-12H2,(H,19,22). The van der Waals surface area contributed by atoms with E-state index in [1.165, 1.54) is 0 Å². The normalized spacial score (nSPS) is 20.0. The van der Waals surface area contributed by atoms with Crippen LogP contribution in [0.5, 0.6) is 0 Å². The van der Waals surface area contributed by atoms with Crippen LogP contribution >= 0.6 is 0 Å². The largest absolute Gasteiger partial charge is 0.388 e. The lowest BCUT2D eigenvalue weighted by Gasteiger charge is -2.22. The lowest BCUT2D eigenvalue weighted by Crippen LogP contribution is -2.42. The van der Waals surface area contributed by atoms with Crippen LogP contribution in [0.4, 0.5) is 0 Å². The van der Waals surface area contributed by atoms with Crippen LogP contribution in [0.15, 0.2) is 24.3 Å². The Balaban J connectivity index is 1.50. The molecule has 2 aliphatic rings. The molecule has 23 heavy (non-hydrogen) atoms. The van der Waals surface area contributed by atoms with E-state index in [1.54, 1.807) is 0 Å². The number of aliphatic hydroxyl groups is 1. The van der Waals surface area contributed by atoms with Crippen molar-refractivity contribution in [2.75, 3.05) is 6.54 Å². The molecule has 1 aromatic heterocycles.